The van der Waals surface area contributed by atoms with Crippen LogP contribution in [0.15, 0.2) is 0 Å². The van der Waals surface area contributed by atoms with Crippen molar-refractivity contribution in [2.45, 2.75) is 63.9 Å². The number of rotatable bonds is 3. The van der Waals surface area contributed by atoms with Crippen LogP contribution in [0, 0.1) is 0 Å². The van der Waals surface area contributed by atoms with E-state index in [0.29, 0.717) is 12.0 Å². The molecule has 3 rings (SSSR count). The Kier molecular flexibility index (Phi) is 4.72. The minimum Gasteiger partial charge on any atom is -0.460 e. The summed E-state index contributed by atoms with van der Waals surface area (Å²) >= 11 is 0. The zero-order chi connectivity index (χ0) is 14.5. The Morgan fingerprint density at radius 1 is 0.857 bits per heavy atom. The van der Waals surface area contributed by atoms with E-state index in [4.69, 9.17) is 10.5 Å². The first-order chi connectivity index (χ1) is 10.3. The van der Waals surface area contributed by atoms with Gasteiger partial charge in [-0.1, -0.05) is 12.8 Å². The molecule has 2 aliphatic rings. The second-order valence-corrected chi connectivity index (χ2v) is 6.06. The molecule has 0 unspecified atom stereocenters. The van der Waals surface area contributed by atoms with E-state index in [9.17, 15) is 0 Å². The van der Waals surface area contributed by atoms with Crippen molar-refractivity contribution in [3.63, 3.8) is 0 Å². The molecule has 0 amide bonds. The third kappa shape index (κ3) is 3.95. The first kappa shape index (κ1) is 14.4. The van der Waals surface area contributed by atoms with Crippen LogP contribution in [0.2, 0.25) is 0 Å². The molecule has 6 nitrogen and oxygen atoms in total. The molecule has 0 spiro atoms. The number of hydrogen-bond donors (Lipinski definition) is 1. The van der Waals surface area contributed by atoms with Gasteiger partial charge >= 0.3 is 6.01 Å². The lowest BCUT2D eigenvalue weighted by molar-refractivity contribution is 0.168. The summed E-state index contributed by atoms with van der Waals surface area (Å²) in [5, 5.41) is 0. The molecule has 1 aliphatic heterocycles. The van der Waals surface area contributed by atoms with Crippen LogP contribution in [-0.2, 0) is 0 Å². The molecular weight excluding hydrogens is 266 g/mol. The molecule has 0 bridgehead atoms. The highest BCUT2D eigenvalue weighted by Crippen LogP contribution is 2.23. The summed E-state index contributed by atoms with van der Waals surface area (Å²) in [6, 6.07) is 0.398. The first-order valence-electron chi connectivity index (χ1n) is 8.24. The zero-order valence-electron chi connectivity index (χ0n) is 12.6. The highest BCUT2D eigenvalue weighted by atomic mass is 16.5. The summed E-state index contributed by atoms with van der Waals surface area (Å²) in [6.07, 6.45) is 11.1. The van der Waals surface area contributed by atoms with Crippen LogP contribution < -0.4 is 15.4 Å². The van der Waals surface area contributed by atoms with Gasteiger partial charge in [0.2, 0.25) is 11.9 Å². The minimum atomic E-state index is 0.225. The average molecular weight is 291 g/mol. The fourth-order valence-corrected chi connectivity index (χ4v) is 3.16. The van der Waals surface area contributed by atoms with Gasteiger partial charge in [-0.25, -0.2) is 0 Å². The highest BCUT2D eigenvalue weighted by molar-refractivity contribution is 5.36. The molecule has 2 heterocycles. The Balaban J connectivity index is 1.70. The summed E-state index contributed by atoms with van der Waals surface area (Å²) in [6.45, 7) is 1.98. The molecule has 1 aliphatic carbocycles. The molecule has 0 atom stereocenters. The smallest absolute Gasteiger partial charge is 0.323 e. The molecule has 21 heavy (non-hydrogen) atoms. The number of ether oxygens (including phenoxy) is 1. The van der Waals surface area contributed by atoms with Crippen LogP contribution in [0.5, 0.6) is 6.01 Å². The minimum absolute atomic E-state index is 0.225. The lowest BCUT2D eigenvalue weighted by atomic mass is 10.1. The van der Waals surface area contributed by atoms with Crippen LogP contribution in [0.3, 0.4) is 0 Å². The predicted octanol–water partition coefficient (Wildman–Crippen LogP) is 2.55. The lowest BCUT2D eigenvalue weighted by Crippen LogP contribution is -2.31. The molecule has 6 heteroatoms. The molecular formula is C15H25N5O. The Morgan fingerprint density at radius 3 is 2.24 bits per heavy atom. The van der Waals surface area contributed by atoms with E-state index in [1.165, 1.54) is 44.9 Å². The largest absolute Gasteiger partial charge is 0.460 e. The van der Waals surface area contributed by atoms with Crippen LogP contribution in [-0.4, -0.2) is 34.1 Å². The molecule has 1 aromatic heterocycles. The molecule has 2 N–H and O–H groups in total. The van der Waals surface area contributed by atoms with E-state index in [1.807, 2.05) is 0 Å². The Morgan fingerprint density at radius 2 is 1.52 bits per heavy atom. The topological polar surface area (TPSA) is 77.2 Å². The number of aromatic nitrogens is 3. The third-order valence-corrected chi connectivity index (χ3v) is 4.33. The van der Waals surface area contributed by atoms with Gasteiger partial charge in [-0.2, -0.15) is 15.0 Å². The Labute approximate surface area is 126 Å². The number of nitrogen functional groups attached to an aromatic ring is 1. The van der Waals surface area contributed by atoms with Gasteiger partial charge in [0.15, 0.2) is 0 Å². The van der Waals surface area contributed by atoms with E-state index in [0.717, 1.165) is 25.9 Å². The van der Waals surface area contributed by atoms with Gasteiger partial charge in [0.25, 0.3) is 0 Å². The van der Waals surface area contributed by atoms with Crippen molar-refractivity contribution < 1.29 is 4.74 Å². The fourth-order valence-electron chi connectivity index (χ4n) is 3.16. The van der Waals surface area contributed by atoms with E-state index in [1.54, 1.807) is 0 Å². The molecule has 2 fully saturated rings. The second-order valence-electron chi connectivity index (χ2n) is 6.06. The number of anilines is 2. The van der Waals surface area contributed by atoms with Crippen LogP contribution >= 0.6 is 0 Å². The highest BCUT2D eigenvalue weighted by Gasteiger charge is 2.19. The van der Waals surface area contributed by atoms with Crippen molar-refractivity contribution in [3.8, 4) is 6.01 Å². The fraction of sp³-hybridized carbons (Fsp3) is 0.800. The first-order valence-corrected chi connectivity index (χ1v) is 8.24. The average Bonchev–Trinajstić information content (AvgIpc) is 2.76. The molecule has 0 aromatic carbocycles. The van der Waals surface area contributed by atoms with Gasteiger partial charge in [-0.3, -0.25) is 0 Å². The number of nitrogens with two attached hydrogens (primary N) is 1. The normalized spacial score (nSPS) is 21.0. The summed E-state index contributed by atoms with van der Waals surface area (Å²) < 4.78 is 5.98. The summed E-state index contributed by atoms with van der Waals surface area (Å²) in [5.74, 6) is 0.931. The van der Waals surface area contributed by atoms with Crippen molar-refractivity contribution in [1.82, 2.24) is 15.0 Å². The number of nitrogens with zero attached hydrogens (tertiary/aromatic N) is 4. The van der Waals surface area contributed by atoms with Crippen LogP contribution in [0.4, 0.5) is 11.9 Å². The molecule has 0 radical (unpaired) electrons. The molecule has 1 aromatic rings. The van der Waals surface area contributed by atoms with Crippen molar-refractivity contribution >= 4 is 11.9 Å². The van der Waals surface area contributed by atoms with E-state index in [-0.39, 0.29) is 12.1 Å². The maximum atomic E-state index is 5.98. The molecule has 1 saturated heterocycles. The van der Waals surface area contributed by atoms with Crippen molar-refractivity contribution in [2.24, 2.45) is 0 Å². The van der Waals surface area contributed by atoms with Crippen LogP contribution in [0.25, 0.3) is 0 Å². The standard InChI is InChI=1S/C15H25N5O/c16-13-17-14(20-10-6-3-7-11-20)19-15(18-13)21-12-8-4-1-2-5-9-12/h12H,1-11H2,(H2,16,17,18,19). The predicted molar refractivity (Wildman–Crippen MR) is 82.4 cm³/mol. The van der Waals surface area contributed by atoms with Gasteiger partial charge in [-0.15, -0.1) is 0 Å². The zero-order valence-corrected chi connectivity index (χ0v) is 12.6. The second kappa shape index (κ2) is 6.91. The number of hydrogen-bond acceptors (Lipinski definition) is 6. The van der Waals surface area contributed by atoms with Gasteiger partial charge in [0, 0.05) is 13.1 Å². The number of piperidine rings is 1. The van der Waals surface area contributed by atoms with Gasteiger partial charge in [0.05, 0.1) is 0 Å². The maximum absolute atomic E-state index is 5.98. The van der Waals surface area contributed by atoms with Crippen molar-refractivity contribution in [1.29, 1.82) is 0 Å². The van der Waals surface area contributed by atoms with Gasteiger partial charge in [-0.05, 0) is 44.9 Å². The van der Waals surface area contributed by atoms with Crippen LogP contribution in [0.1, 0.15) is 57.8 Å². The lowest BCUT2D eigenvalue weighted by Gasteiger charge is -2.26. The summed E-state index contributed by atoms with van der Waals surface area (Å²) in [7, 11) is 0. The van der Waals surface area contributed by atoms with E-state index in [2.05, 4.69) is 19.9 Å². The molecule has 1 saturated carbocycles. The quantitative estimate of drug-likeness (QED) is 0.862. The molecule has 116 valence electrons. The maximum Gasteiger partial charge on any atom is 0.323 e. The monoisotopic (exact) mass is 291 g/mol. The van der Waals surface area contributed by atoms with E-state index >= 15 is 0 Å². The summed E-state index contributed by atoms with van der Waals surface area (Å²) in [4.78, 5) is 15.1. The Hall–Kier alpha value is -1.59. The van der Waals surface area contributed by atoms with E-state index < -0.39 is 0 Å². The third-order valence-electron chi connectivity index (χ3n) is 4.33. The summed E-state index contributed by atoms with van der Waals surface area (Å²) in [5.41, 5.74) is 5.83. The van der Waals surface area contributed by atoms with Crippen molar-refractivity contribution in [3.05, 3.63) is 0 Å². The van der Waals surface area contributed by atoms with Gasteiger partial charge in [0.1, 0.15) is 6.10 Å². The van der Waals surface area contributed by atoms with Crippen molar-refractivity contribution in [2.75, 3.05) is 23.7 Å². The van der Waals surface area contributed by atoms with Gasteiger partial charge < -0.3 is 15.4 Å². The Bertz CT molecular complexity index is 453. The SMILES string of the molecule is Nc1nc(OC2CCCCCC2)nc(N2CCCCC2)n1.